The van der Waals surface area contributed by atoms with E-state index in [-0.39, 0.29) is 29.8 Å². The molecule has 5 N–H and O–H groups in total. The van der Waals surface area contributed by atoms with Gasteiger partial charge in [0, 0.05) is 31.4 Å². The Morgan fingerprint density at radius 3 is 2.44 bits per heavy atom. The Kier molecular flexibility index (Phi) is 7.99. The zero-order valence-electron chi connectivity index (χ0n) is 18.6. The minimum absolute atomic E-state index is 0. The number of hydrogen-bond donors (Lipinski definition) is 3. The number of hydrogen-bond acceptors (Lipinski definition) is 6. The van der Waals surface area contributed by atoms with E-state index in [9.17, 15) is 9.18 Å². The Balaban J connectivity index is 0.00000324. The third-order valence-corrected chi connectivity index (χ3v) is 5.34. The standard InChI is InChI=1S/C25H25FN6O.ClH/c1-32-24(33)22(17-7-9-19(26)10-8-17)23(18-11-12-29-21(28)14-18)31-25(32)30-15-20(27)13-16-5-3-2-4-6-16;/h2-12,14,20H,13,15,27H2,1H3,(H2,28,29)(H,30,31);1H/t20-;/m1./s1. The van der Waals surface area contributed by atoms with Crippen LogP contribution in [0.15, 0.2) is 77.7 Å². The van der Waals surface area contributed by atoms with Crippen molar-refractivity contribution in [2.24, 2.45) is 12.8 Å². The van der Waals surface area contributed by atoms with Crippen molar-refractivity contribution in [3.05, 3.63) is 94.7 Å². The topological polar surface area (TPSA) is 112 Å². The van der Waals surface area contributed by atoms with Crippen LogP contribution in [0.3, 0.4) is 0 Å². The molecule has 4 aromatic rings. The normalized spacial score (nSPS) is 11.5. The van der Waals surface area contributed by atoms with Crippen LogP contribution in [0.2, 0.25) is 0 Å². The summed E-state index contributed by atoms with van der Waals surface area (Å²) in [6, 6.07) is 18.9. The lowest BCUT2D eigenvalue weighted by molar-refractivity contribution is 0.628. The summed E-state index contributed by atoms with van der Waals surface area (Å²) in [5.74, 6) is 0.295. The molecule has 0 bridgehead atoms. The first-order valence-electron chi connectivity index (χ1n) is 10.5. The molecular formula is C25H26ClFN6O. The summed E-state index contributed by atoms with van der Waals surface area (Å²) in [6.07, 6.45) is 2.24. The van der Waals surface area contributed by atoms with Crippen molar-refractivity contribution in [3.8, 4) is 22.4 Å². The Labute approximate surface area is 203 Å². The first kappa shape index (κ1) is 24.9. The second-order valence-electron chi connectivity index (χ2n) is 7.83. The van der Waals surface area contributed by atoms with Crippen LogP contribution in [0, 0.1) is 5.82 Å². The monoisotopic (exact) mass is 480 g/mol. The largest absolute Gasteiger partial charge is 0.384 e. The van der Waals surface area contributed by atoms with Crippen LogP contribution < -0.4 is 22.3 Å². The van der Waals surface area contributed by atoms with Crippen molar-refractivity contribution in [3.63, 3.8) is 0 Å². The first-order valence-corrected chi connectivity index (χ1v) is 10.5. The van der Waals surface area contributed by atoms with E-state index in [1.807, 2.05) is 30.3 Å². The lowest BCUT2D eigenvalue weighted by Gasteiger charge is -2.18. The van der Waals surface area contributed by atoms with Crippen LogP contribution in [0.25, 0.3) is 22.4 Å². The number of pyridine rings is 1. The van der Waals surface area contributed by atoms with E-state index in [0.717, 1.165) is 5.56 Å². The van der Waals surface area contributed by atoms with E-state index in [0.29, 0.717) is 47.1 Å². The van der Waals surface area contributed by atoms with Crippen molar-refractivity contribution < 1.29 is 4.39 Å². The number of aromatic nitrogens is 3. The molecule has 0 fully saturated rings. The zero-order chi connectivity index (χ0) is 23.4. The number of nitrogens with two attached hydrogens (primary N) is 2. The van der Waals surface area contributed by atoms with Crippen LogP contribution in [-0.2, 0) is 13.5 Å². The number of nitrogens with one attached hydrogen (secondary N) is 1. The average molecular weight is 481 g/mol. The molecule has 4 rings (SSSR count). The van der Waals surface area contributed by atoms with Gasteiger partial charge in [-0.3, -0.25) is 9.36 Å². The maximum absolute atomic E-state index is 13.5. The molecule has 2 heterocycles. The molecule has 0 amide bonds. The van der Waals surface area contributed by atoms with Gasteiger partial charge in [-0.25, -0.2) is 14.4 Å². The fourth-order valence-electron chi connectivity index (χ4n) is 3.65. The molecule has 7 nitrogen and oxygen atoms in total. The van der Waals surface area contributed by atoms with Gasteiger partial charge in [0.1, 0.15) is 11.6 Å². The molecule has 34 heavy (non-hydrogen) atoms. The molecular weight excluding hydrogens is 455 g/mol. The van der Waals surface area contributed by atoms with Crippen LogP contribution >= 0.6 is 12.4 Å². The second kappa shape index (κ2) is 10.9. The highest BCUT2D eigenvalue weighted by Gasteiger charge is 2.19. The quantitative estimate of drug-likeness (QED) is 0.372. The molecule has 0 saturated heterocycles. The average Bonchev–Trinajstić information content (AvgIpc) is 2.81. The summed E-state index contributed by atoms with van der Waals surface area (Å²) >= 11 is 0. The molecule has 0 radical (unpaired) electrons. The lowest BCUT2D eigenvalue weighted by atomic mass is 10.0. The van der Waals surface area contributed by atoms with E-state index < -0.39 is 0 Å². The Hall–Kier alpha value is -3.75. The number of rotatable bonds is 7. The molecule has 0 saturated carbocycles. The highest BCUT2D eigenvalue weighted by Crippen LogP contribution is 2.29. The summed E-state index contributed by atoms with van der Waals surface area (Å²) in [5.41, 5.74) is 15.0. The van der Waals surface area contributed by atoms with E-state index >= 15 is 0 Å². The van der Waals surface area contributed by atoms with Crippen LogP contribution in [0.5, 0.6) is 0 Å². The van der Waals surface area contributed by atoms with Gasteiger partial charge in [0.15, 0.2) is 0 Å². The highest BCUT2D eigenvalue weighted by molar-refractivity contribution is 5.85. The Bertz CT molecular complexity index is 1310. The lowest BCUT2D eigenvalue weighted by Crippen LogP contribution is -2.34. The van der Waals surface area contributed by atoms with E-state index in [2.05, 4.69) is 10.3 Å². The molecule has 2 aromatic heterocycles. The second-order valence-corrected chi connectivity index (χ2v) is 7.83. The van der Waals surface area contributed by atoms with Gasteiger partial charge in [-0.1, -0.05) is 42.5 Å². The van der Waals surface area contributed by atoms with Gasteiger partial charge in [-0.2, -0.15) is 0 Å². The summed E-state index contributed by atoms with van der Waals surface area (Å²) in [6.45, 7) is 0.420. The van der Waals surface area contributed by atoms with Gasteiger partial charge in [0.25, 0.3) is 5.56 Å². The van der Waals surface area contributed by atoms with Gasteiger partial charge in [0.05, 0.1) is 11.3 Å². The third kappa shape index (κ3) is 5.59. The van der Waals surface area contributed by atoms with Crippen molar-refractivity contribution in [2.45, 2.75) is 12.5 Å². The van der Waals surface area contributed by atoms with Gasteiger partial charge < -0.3 is 16.8 Å². The van der Waals surface area contributed by atoms with Crippen LogP contribution in [0.1, 0.15) is 5.56 Å². The predicted molar refractivity (Wildman–Crippen MR) is 136 cm³/mol. The van der Waals surface area contributed by atoms with Crippen molar-refractivity contribution in [1.82, 2.24) is 14.5 Å². The summed E-state index contributed by atoms with van der Waals surface area (Å²) < 4.78 is 14.9. The smallest absolute Gasteiger partial charge is 0.263 e. The highest BCUT2D eigenvalue weighted by atomic mass is 35.5. The maximum atomic E-state index is 13.5. The van der Waals surface area contributed by atoms with E-state index in [1.165, 1.54) is 16.7 Å². The molecule has 0 aliphatic heterocycles. The van der Waals surface area contributed by atoms with Crippen molar-refractivity contribution >= 4 is 24.2 Å². The molecule has 1 atom stereocenters. The van der Waals surface area contributed by atoms with Gasteiger partial charge in [-0.05, 0) is 41.8 Å². The van der Waals surface area contributed by atoms with Gasteiger partial charge in [-0.15, -0.1) is 12.4 Å². The fraction of sp³-hybridized carbons (Fsp3) is 0.160. The van der Waals surface area contributed by atoms with Gasteiger partial charge in [0.2, 0.25) is 5.95 Å². The van der Waals surface area contributed by atoms with E-state index in [4.69, 9.17) is 16.5 Å². The Morgan fingerprint density at radius 1 is 1.06 bits per heavy atom. The fourth-order valence-corrected chi connectivity index (χ4v) is 3.65. The number of anilines is 2. The Morgan fingerprint density at radius 2 is 1.76 bits per heavy atom. The molecule has 0 unspecified atom stereocenters. The third-order valence-electron chi connectivity index (χ3n) is 5.34. The maximum Gasteiger partial charge on any atom is 0.263 e. The SMILES string of the molecule is Cl.Cn1c(NC[C@H](N)Cc2ccccc2)nc(-c2ccnc(N)c2)c(-c2ccc(F)cc2)c1=O. The number of nitrogens with zero attached hydrogens (tertiary/aromatic N) is 3. The molecule has 0 aliphatic carbocycles. The van der Waals surface area contributed by atoms with Crippen molar-refractivity contribution in [2.75, 3.05) is 17.6 Å². The van der Waals surface area contributed by atoms with E-state index in [1.54, 1.807) is 37.5 Å². The van der Waals surface area contributed by atoms with Crippen LogP contribution in [0.4, 0.5) is 16.2 Å². The van der Waals surface area contributed by atoms with Crippen molar-refractivity contribution in [1.29, 1.82) is 0 Å². The minimum Gasteiger partial charge on any atom is -0.384 e. The molecule has 176 valence electrons. The molecule has 0 spiro atoms. The molecule has 2 aromatic carbocycles. The summed E-state index contributed by atoms with van der Waals surface area (Å²) in [7, 11) is 1.64. The van der Waals surface area contributed by atoms with Crippen LogP contribution in [-0.4, -0.2) is 27.1 Å². The predicted octanol–water partition coefficient (Wildman–Crippen LogP) is 3.63. The van der Waals surface area contributed by atoms with Gasteiger partial charge >= 0.3 is 0 Å². The number of halogens is 2. The molecule has 0 aliphatic rings. The summed E-state index contributed by atoms with van der Waals surface area (Å²) in [4.78, 5) is 22.2. The molecule has 9 heteroatoms. The summed E-state index contributed by atoms with van der Waals surface area (Å²) in [5, 5.41) is 3.21. The number of nitrogen functional groups attached to an aromatic ring is 1. The zero-order valence-corrected chi connectivity index (χ0v) is 19.4. The first-order chi connectivity index (χ1) is 15.9. The number of benzene rings is 2. The minimum atomic E-state index is -0.385.